The zero-order valence-electron chi connectivity index (χ0n) is 18.8. The van der Waals surface area contributed by atoms with E-state index in [-0.39, 0.29) is 29.4 Å². The molecule has 0 aliphatic carbocycles. The number of urea groups is 1. The SMILES string of the molecule is COc1cc(C=C2C(=O)NC(=O)N(c3ccc([N+](=O)[O-])cc3)C2=O)ccc1OCc1cccc(F)c1. The van der Waals surface area contributed by atoms with Crippen molar-refractivity contribution in [1.82, 2.24) is 5.32 Å². The molecule has 1 saturated heterocycles. The van der Waals surface area contributed by atoms with Gasteiger partial charge in [0.2, 0.25) is 0 Å². The normalized spacial score (nSPS) is 14.6. The van der Waals surface area contributed by atoms with Crippen LogP contribution in [0.25, 0.3) is 6.08 Å². The molecule has 1 N–H and O–H groups in total. The van der Waals surface area contributed by atoms with Gasteiger partial charge in [-0.05, 0) is 53.6 Å². The van der Waals surface area contributed by atoms with E-state index in [0.29, 0.717) is 27.5 Å². The molecule has 1 aliphatic rings. The minimum atomic E-state index is -0.977. The van der Waals surface area contributed by atoms with Crippen LogP contribution in [0.1, 0.15) is 11.1 Å². The second kappa shape index (κ2) is 10.1. The highest BCUT2D eigenvalue weighted by atomic mass is 19.1. The average molecular weight is 491 g/mol. The summed E-state index contributed by atoms with van der Waals surface area (Å²) in [6.07, 6.45) is 1.28. The standard InChI is InChI=1S/C25H18FN3O7/c1-35-22-13-15(5-10-21(22)36-14-16-3-2-4-17(26)11-16)12-20-23(30)27-25(32)28(24(20)31)18-6-8-19(9-7-18)29(33)34/h2-13H,14H2,1H3,(H,27,30,32). The van der Waals surface area contributed by atoms with Crippen molar-refractivity contribution in [3.63, 3.8) is 0 Å². The molecular weight excluding hydrogens is 473 g/mol. The molecule has 182 valence electrons. The maximum Gasteiger partial charge on any atom is 0.335 e. The first-order valence-electron chi connectivity index (χ1n) is 10.5. The van der Waals surface area contributed by atoms with Gasteiger partial charge in [0.1, 0.15) is 18.0 Å². The Labute approximate surface area is 203 Å². The molecule has 36 heavy (non-hydrogen) atoms. The quantitative estimate of drug-likeness (QED) is 0.229. The number of anilines is 1. The van der Waals surface area contributed by atoms with Gasteiger partial charge in [-0.1, -0.05) is 18.2 Å². The van der Waals surface area contributed by atoms with Crippen LogP contribution in [0.4, 0.5) is 20.6 Å². The Morgan fingerprint density at radius 3 is 2.44 bits per heavy atom. The lowest BCUT2D eigenvalue weighted by molar-refractivity contribution is -0.384. The highest BCUT2D eigenvalue weighted by Crippen LogP contribution is 2.31. The van der Waals surface area contributed by atoms with Crippen LogP contribution in [0.5, 0.6) is 11.5 Å². The van der Waals surface area contributed by atoms with E-state index in [0.717, 1.165) is 12.1 Å². The summed E-state index contributed by atoms with van der Waals surface area (Å²) < 4.78 is 24.4. The van der Waals surface area contributed by atoms with Crippen molar-refractivity contribution in [3.8, 4) is 11.5 Å². The number of methoxy groups -OCH3 is 1. The molecule has 3 aromatic carbocycles. The van der Waals surface area contributed by atoms with Gasteiger partial charge in [0, 0.05) is 12.1 Å². The molecule has 10 nitrogen and oxygen atoms in total. The van der Waals surface area contributed by atoms with Crippen molar-refractivity contribution in [3.05, 3.63) is 99.4 Å². The van der Waals surface area contributed by atoms with Crippen LogP contribution in [0, 0.1) is 15.9 Å². The number of carbonyl (C=O) groups excluding carboxylic acids is 3. The van der Waals surface area contributed by atoms with Gasteiger partial charge < -0.3 is 9.47 Å². The highest BCUT2D eigenvalue weighted by Gasteiger charge is 2.37. The maximum atomic E-state index is 13.4. The van der Waals surface area contributed by atoms with E-state index < -0.39 is 22.8 Å². The van der Waals surface area contributed by atoms with E-state index in [1.807, 2.05) is 0 Å². The zero-order valence-corrected chi connectivity index (χ0v) is 18.8. The number of halogens is 1. The van der Waals surface area contributed by atoms with E-state index in [4.69, 9.17) is 9.47 Å². The van der Waals surface area contributed by atoms with Gasteiger partial charge in [0.25, 0.3) is 17.5 Å². The van der Waals surface area contributed by atoms with Gasteiger partial charge in [0.15, 0.2) is 11.5 Å². The van der Waals surface area contributed by atoms with Crippen LogP contribution >= 0.6 is 0 Å². The molecule has 0 unspecified atom stereocenters. The van der Waals surface area contributed by atoms with E-state index in [1.165, 1.54) is 43.5 Å². The van der Waals surface area contributed by atoms with Gasteiger partial charge in [-0.15, -0.1) is 0 Å². The molecule has 0 bridgehead atoms. The molecular formula is C25H18FN3O7. The topological polar surface area (TPSA) is 128 Å². The van der Waals surface area contributed by atoms with Crippen molar-refractivity contribution in [2.75, 3.05) is 12.0 Å². The molecule has 1 fully saturated rings. The van der Waals surface area contributed by atoms with Crippen molar-refractivity contribution in [1.29, 1.82) is 0 Å². The first-order valence-corrected chi connectivity index (χ1v) is 10.5. The highest BCUT2D eigenvalue weighted by molar-refractivity contribution is 6.39. The first-order chi connectivity index (χ1) is 17.3. The van der Waals surface area contributed by atoms with Gasteiger partial charge in [0.05, 0.1) is 17.7 Å². The number of nitro benzene ring substituents is 1. The number of nitrogens with zero attached hydrogens (tertiary/aromatic N) is 2. The number of barbiturate groups is 1. The molecule has 1 heterocycles. The molecule has 1 aliphatic heterocycles. The Bertz CT molecular complexity index is 1400. The van der Waals surface area contributed by atoms with E-state index in [1.54, 1.807) is 24.3 Å². The van der Waals surface area contributed by atoms with E-state index in [9.17, 15) is 28.9 Å². The fourth-order valence-electron chi connectivity index (χ4n) is 3.46. The third-order valence-corrected chi connectivity index (χ3v) is 5.20. The molecule has 0 aromatic heterocycles. The first kappa shape index (κ1) is 24.1. The summed E-state index contributed by atoms with van der Waals surface area (Å²) in [7, 11) is 1.41. The lowest BCUT2D eigenvalue weighted by Crippen LogP contribution is -2.54. The van der Waals surface area contributed by atoms with Crippen LogP contribution in [0.15, 0.2) is 72.3 Å². The van der Waals surface area contributed by atoms with Crippen LogP contribution in [-0.4, -0.2) is 29.9 Å². The number of non-ortho nitro benzene ring substituents is 1. The predicted molar refractivity (Wildman–Crippen MR) is 126 cm³/mol. The predicted octanol–water partition coefficient (Wildman–Crippen LogP) is 3.99. The number of hydrogen-bond acceptors (Lipinski definition) is 7. The van der Waals surface area contributed by atoms with Gasteiger partial charge >= 0.3 is 6.03 Å². The van der Waals surface area contributed by atoms with Gasteiger partial charge in [-0.2, -0.15) is 0 Å². The number of nitro groups is 1. The Morgan fingerprint density at radius 1 is 1.03 bits per heavy atom. The fraction of sp³-hybridized carbons (Fsp3) is 0.0800. The minimum Gasteiger partial charge on any atom is -0.493 e. The summed E-state index contributed by atoms with van der Waals surface area (Å²) in [5, 5.41) is 13.0. The third kappa shape index (κ3) is 5.04. The molecule has 0 atom stereocenters. The summed E-state index contributed by atoms with van der Waals surface area (Å²) in [6, 6.07) is 14.4. The van der Waals surface area contributed by atoms with Crippen LogP contribution in [0.3, 0.4) is 0 Å². The number of ether oxygens (including phenoxy) is 2. The molecule has 3 aromatic rings. The zero-order chi connectivity index (χ0) is 25.8. The monoisotopic (exact) mass is 491 g/mol. The third-order valence-electron chi connectivity index (χ3n) is 5.20. The molecule has 0 saturated carbocycles. The molecule has 0 radical (unpaired) electrons. The smallest absolute Gasteiger partial charge is 0.335 e. The number of carbonyl (C=O) groups is 3. The van der Waals surface area contributed by atoms with Gasteiger partial charge in [-0.3, -0.25) is 25.0 Å². The summed E-state index contributed by atoms with van der Waals surface area (Å²) in [5.74, 6) is -1.53. The van der Waals surface area contributed by atoms with Gasteiger partial charge in [-0.25, -0.2) is 14.1 Å². The number of imide groups is 2. The Balaban J connectivity index is 1.58. The van der Waals surface area contributed by atoms with Crippen LogP contribution < -0.4 is 19.7 Å². The van der Waals surface area contributed by atoms with Crippen molar-refractivity contribution in [2.45, 2.75) is 6.61 Å². The number of rotatable bonds is 7. The van der Waals surface area contributed by atoms with E-state index >= 15 is 0 Å². The molecule has 4 amide bonds. The lowest BCUT2D eigenvalue weighted by Gasteiger charge is -2.26. The van der Waals surface area contributed by atoms with Crippen molar-refractivity contribution < 1.29 is 33.2 Å². The number of nitrogens with one attached hydrogen (secondary N) is 1. The summed E-state index contributed by atoms with van der Waals surface area (Å²) in [4.78, 5) is 48.8. The second-order valence-electron chi connectivity index (χ2n) is 7.56. The number of hydrogen-bond donors (Lipinski definition) is 1. The van der Waals surface area contributed by atoms with Crippen LogP contribution in [-0.2, 0) is 16.2 Å². The van der Waals surface area contributed by atoms with Crippen LogP contribution in [0.2, 0.25) is 0 Å². The number of amides is 4. The Morgan fingerprint density at radius 2 is 1.78 bits per heavy atom. The Hall–Kier alpha value is -5.06. The summed E-state index contributed by atoms with van der Waals surface area (Å²) in [5.41, 5.74) is 0.524. The summed E-state index contributed by atoms with van der Waals surface area (Å²) in [6.45, 7) is 0.0851. The van der Waals surface area contributed by atoms with Crippen molar-refractivity contribution in [2.24, 2.45) is 0 Å². The average Bonchev–Trinajstić information content (AvgIpc) is 2.86. The molecule has 0 spiro atoms. The summed E-state index contributed by atoms with van der Waals surface area (Å²) >= 11 is 0. The fourth-order valence-corrected chi connectivity index (χ4v) is 3.46. The molecule has 11 heteroatoms. The second-order valence-corrected chi connectivity index (χ2v) is 7.56. The van der Waals surface area contributed by atoms with E-state index in [2.05, 4.69) is 5.32 Å². The molecule has 4 rings (SSSR count). The Kier molecular flexibility index (Phi) is 6.72. The largest absolute Gasteiger partial charge is 0.493 e. The lowest BCUT2D eigenvalue weighted by atomic mass is 10.1. The maximum absolute atomic E-state index is 13.4. The van der Waals surface area contributed by atoms with Crippen molar-refractivity contribution >= 4 is 35.3 Å². The minimum absolute atomic E-state index is 0.0557. The number of benzene rings is 3.